The molecular formula is C19H22ClNO3. The highest BCUT2D eigenvalue weighted by atomic mass is 35.5. The summed E-state index contributed by atoms with van der Waals surface area (Å²) in [5.74, 6) is 1.39. The van der Waals surface area contributed by atoms with Crippen LogP contribution >= 0.6 is 11.6 Å². The zero-order chi connectivity index (χ0) is 17.4. The first-order valence-corrected chi connectivity index (χ1v) is 8.09. The van der Waals surface area contributed by atoms with E-state index in [1.165, 1.54) is 0 Å². The maximum Gasteiger partial charge on any atom is 0.142 e. The number of aliphatic hydroxyl groups excluding tert-OH is 1. The van der Waals surface area contributed by atoms with Crippen LogP contribution in [-0.4, -0.2) is 25.4 Å². The lowest BCUT2D eigenvalue weighted by molar-refractivity contribution is 0.299. The van der Waals surface area contributed by atoms with Gasteiger partial charge in [0.1, 0.15) is 18.1 Å². The highest BCUT2D eigenvalue weighted by Gasteiger charge is 2.06. The number of benzene rings is 2. The summed E-state index contributed by atoms with van der Waals surface area (Å²) in [7, 11) is 1.63. The number of rotatable bonds is 9. The summed E-state index contributed by atoms with van der Waals surface area (Å²) in [4.78, 5) is 0. The first-order chi connectivity index (χ1) is 11.7. The molecule has 0 heterocycles. The van der Waals surface area contributed by atoms with E-state index in [0.717, 1.165) is 22.6 Å². The van der Waals surface area contributed by atoms with Crippen molar-refractivity contribution in [2.75, 3.05) is 25.6 Å². The van der Waals surface area contributed by atoms with Crippen LogP contribution in [0, 0.1) is 0 Å². The molecule has 0 aliphatic carbocycles. The van der Waals surface area contributed by atoms with Crippen LogP contribution in [0.4, 0.5) is 5.69 Å². The molecule has 0 unspecified atom stereocenters. The van der Waals surface area contributed by atoms with E-state index in [0.29, 0.717) is 30.3 Å². The van der Waals surface area contributed by atoms with Crippen LogP contribution in [0.2, 0.25) is 5.02 Å². The third-order valence-corrected chi connectivity index (χ3v) is 3.80. The van der Waals surface area contributed by atoms with Crippen LogP contribution in [-0.2, 0) is 13.0 Å². The SMILES string of the molecule is C=CCOc1ccc(CNc2ccc(CCO)cc2OC)cc1Cl. The Kier molecular flexibility index (Phi) is 6.97. The minimum Gasteiger partial charge on any atom is -0.495 e. The van der Waals surface area contributed by atoms with Crippen molar-refractivity contribution in [2.24, 2.45) is 0 Å². The Hall–Kier alpha value is -2.17. The molecule has 0 aliphatic rings. The van der Waals surface area contributed by atoms with Gasteiger partial charge in [-0.25, -0.2) is 0 Å². The van der Waals surface area contributed by atoms with Crippen molar-refractivity contribution in [3.8, 4) is 11.5 Å². The fraction of sp³-hybridized carbons (Fsp3) is 0.263. The van der Waals surface area contributed by atoms with E-state index >= 15 is 0 Å². The van der Waals surface area contributed by atoms with Gasteiger partial charge in [-0.3, -0.25) is 0 Å². The number of aliphatic hydroxyl groups is 1. The quantitative estimate of drug-likeness (QED) is 0.672. The zero-order valence-electron chi connectivity index (χ0n) is 13.7. The molecule has 5 heteroatoms. The van der Waals surface area contributed by atoms with Crippen molar-refractivity contribution in [3.63, 3.8) is 0 Å². The maximum absolute atomic E-state index is 9.02. The van der Waals surface area contributed by atoms with E-state index in [2.05, 4.69) is 11.9 Å². The predicted octanol–water partition coefficient (Wildman–Crippen LogP) is 4.06. The first kappa shape index (κ1) is 18.2. The molecule has 4 nitrogen and oxygen atoms in total. The van der Waals surface area contributed by atoms with Crippen LogP contribution in [0.15, 0.2) is 49.1 Å². The number of hydrogen-bond acceptors (Lipinski definition) is 4. The van der Waals surface area contributed by atoms with Gasteiger partial charge in [0.15, 0.2) is 0 Å². The molecule has 2 aromatic rings. The average molecular weight is 348 g/mol. The number of halogens is 1. The van der Waals surface area contributed by atoms with Crippen LogP contribution in [0.25, 0.3) is 0 Å². The van der Waals surface area contributed by atoms with Crippen molar-refractivity contribution in [2.45, 2.75) is 13.0 Å². The van der Waals surface area contributed by atoms with E-state index in [1.54, 1.807) is 13.2 Å². The lowest BCUT2D eigenvalue weighted by atomic mass is 10.1. The maximum atomic E-state index is 9.02. The number of nitrogens with one attached hydrogen (secondary N) is 1. The molecule has 0 fully saturated rings. The zero-order valence-corrected chi connectivity index (χ0v) is 14.5. The summed E-state index contributed by atoms with van der Waals surface area (Å²) >= 11 is 6.23. The van der Waals surface area contributed by atoms with E-state index in [1.807, 2.05) is 36.4 Å². The normalized spacial score (nSPS) is 10.3. The van der Waals surface area contributed by atoms with Gasteiger partial charge in [-0.05, 0) is 41.8 Å². The summed E-state index contributed by atoms with van der Waals surface area (Å²) in [6, 6.07) is 11.5. The Morgan fingerprint density at radius 1 is 1.17 bits per heavy atom. The monoisotopic (exact) mass is 347 g/mol. The lowest BCUT2D eigenvalue weighted by Gasteiger charge is -2.13. The molecule has 2 rings (SSSR count). The Bertz CT molecular complexity index is 688. The number of ether oxygens (including phenoxy) is 2. The molecule has 24 heavy (non-hydrogen) atoms. The minimum atomic E-state index is 0.120. The third kappa shape index (κ3) is 4.91. The van der Waals surface area contributed by atoms with Gasteiger partial charge in [0, 0.05) is 13.2 Å². The molecule has 0 saturated heterocycles. The number of hydrogen-bond donors (Lipinski definition) is 2. The molecule has 0 bridgehead atoms. The molecule has 128 valence electrons. The average Bonchev–Trinajstić information content (AvgIpc) is 2.60. The second-order valence-electron chi connectivity index (χ2n) is 5.23. The molecule has 2 aromatic carbocycles. The first-order valence-electron chi connectivity index (χ1n) is 7.71. The Balaban J connectivity index is 2.05. The molecule has 0 amide bonds. The van der Waals surface area contributed by atoms with Gasteiger partial charge in [-0.2, -0.15) is 0 Å². The fourth-order valence-corrected chi connectivity index (χ4v) is 2.54. The second-order valence-corrected chi connectivity index (χ2v) is 5.63. The Labute approximate surface area is 147 Å². The molecule has 0 spiro atoms. The van der Waals surface area contributed by atoms with Gasteiger partial charge < -0.3 is 19.9 Å². The highest BCUT2D eigenvalue weighted by molar-refractivity contribution is 6.32. The molecule has 2 N–H and O–H groups in total. The Morgan fingerprint density at radius 2 is 1.96 bits per heavy atom. The van der Waals surface area contributed by atoms with Gasteiger partial charge in [0.05, 0.1) is 17.8 Å². The summed E-state index contributed by atoms with van der Waals surface area (Å²) in [6.07, 6.45) is 2.29. The summed E-state index contributed by atoms with van der Waals surface area (Å²) in [6.45, 7) is 4.77. The van der Waals surface area contributed by atoms with E-state index in [-0.39, 0.29) is 6.61 Å². The summed E-state index contributed by atoms with van der Waals surface area (Å²) < 4.78 is 10.9. The topological polar surface area (TPSA) is 50.7 Å². The van der Waals surface area contributed by atoms with Crippen LogP contribution in [0.5, 0.6) is 11.5 Å². The van der Waals surface area contributed by atoms with Crippen LogP contribution < -0.4 is 14.8 Å². The molecule has 0 aromatic heterocycles. The summed E-state index contributed by atoms with van der Waals surface area (Å²) in [5, 5.41) is 12.9. The van der Waals surface area contributed by atoms with Gasteiger partial charge in [0.2, 0.25) is 0 Å². The lowest BCUT2D eigenvalue weighted by Crippen LogP contribution is -2.03. The second kappa shape index (κ2) is 9.21. The van der Waals surface area contributed by atoms with Crippen molar-refractivity contribution < 1.29 is 14.6 Å². The van der Waals surface area contributed by atoms with Crippen LogP contribution in [0.1, 0.15) is 11.1 Å². The van der Waals surface area contributed by atoms with Crippen molar-refractivity contribution >= 4 is 17.3 Å². The summed E-state index contributed by atoms with van der Waals surface area (Å²) in [5.41, 5.74) is 2.96. The van der Waals surface area contributed by atoms with E-state index in [4.69, 9.17) is 26.2 Å². The molecule has 0 aliphatic heterocycles. The van der Waals surface area contributed by atoms with Crippen LogP contribution in [0.3, 0.4) is 0 Å². The highest BCUT2D eigenvalue weighted by Crippen LogP contribution is 2.28. The fourth-order valence-electron chi connectivity index (χ4n) is 2.28. The van der Waals surface area contributed by atoms with Gasteiger partial charge >= 0.3 is 0 Å². The smallest absolute Gasteiger partial charge is 0.142 e. The largest absolute Gasteiger partial charge is 0.495 e. The molecular weight excluding hydrogens is 326 g/mol. The standard InChI is InChI=1S/C19H22ClNO3/c1-3-10-24-18-7-5-15(11-16(18)20)13-21-17-6-4-14(8-9-22)12-19(17)23-2/h3-7,11-12,21-22H,1,8-10,13H2,2H3. The van der Waals surface area contributed by atoms with Crippen molar-refractivity contribution in [1.29, 1.82) is 0 Å². The predicted molar refractivity (Wildman–Crippen MR) is 98.3 cm³/mol. The molecule has 0 atom stereocenters. The third-order valence-electron chi connectivity index (χ3n) is 3.50. The van der Waals surface area contributed by atoms with Gasteiger partial charge in [0.25, 0.3) is 0 Å². The van der Waals surface area contributed by atoms with Crippen molar-refractivity contribution in [3.05, 3.63) is 65.2 Å². The van der Waals surface area contributed by atoms with Gasteiger partial charge in [-0.1, -0.05) is 36.4 Å². The number of methoxy groups -OCH3 is 1. The van der Waals surface area contributed by atoms with Crippen molar-refractivity contribution in [1.82, 2.24) is 0 Å². The molecule has 0 saturated carbocycles. The van der Waals surface area contributed by atoms with E-state index in [9.17, 15) is 0 Å². The van der Waals surface area contributed by atoms with Gasteiger partial charge in [-0.15, -0.1) is 0 Å². The Morgan fingerprint density at radius 3 is 2.62 bits per heavy atom. The minimum absolute atomic E-state index is 0.120. The molecule has 0 radical (unpaired) electrons. The number of anilines is 1. The van der Waals surface area contributed by atoms with E-state index < -0.39 is 0 Å².